The minimum absolute atomic E-state index is 0.218. The third kappa shape index (κ3) is 2.31. The molecule has 0 fully saturated rings. The molecule has 0 N–H and O–H groups in total. The Hall–Kier alpha value is -0.880. The second-order valence-electron chi connectivity index (χ2n) is 2.06. The number of hydrogen-bond acceptors (Lipinski definition) is 0. The summed E-state index contributed by atoms with van der Waals surface area (Å²) in [6.07, 6.45) is 0. The summed E-state index contributed by atoms with van der Waals surface area (Å²) < 4.78 is 25.2. The lowest BCUT2D eigenvalue weighted by atomic mass is 10.2. The maximum absolute atomic E-state index is 12.8. The van der Waals surface area contributed by atoms with Crippen molar-refractivity contribution in [2.75, 3.05) is 5.33 Å². The molecule has 0 aromatic heterocycles. The summed E-state index contributed by atoms with van der Waals surface area (Å²) >= 11 is 3.08. The van der Waals surface area contributed by atoms with Gasteiger partial charge in [-0.3, -0.25) is 0 Å². The van der Waals surface area contributed by atoms with Crippen LogP contribution in [0.3, 0.4) is 0 Å². The Morgan fingerprint density at radius 1 is 1.33 bits per heavy atom. The van der Waals surface area contributed by atoms with Gasteiger partial charge < -0.3 is 0 Å². The van der Waals surface area contributed by atoms with Gasteiger partial charge in [-0.05, 0) is 12.1 Å². The average molecular weight is 231 g/mol. The van der Waals surface area contributed by atoms with Gasteiger partial charge in [0, 0.05) is 6.07 Å². The van der Waals surface area contributed by atoms with E-state index in [4.69, 9.17) is 0 Å². The van der Waals surface area contributed by atoms with Gasteiger partial charge >= 0.3 is 0 Å². The van der Waals surface area contributed by atoms with E-state index >= 15 is 0 Å². The lowest BCUT2D eigenvalue weighted by molar-refractivity contribution is 0.581. The van der Waals surface area contributed by atoms with Crippen molar-refractivity contribution >= 4 is 15.9 Å². The Labute approximate surface area is 77.7 Å². The Bertz CT molecular complexity index is 336. The summed E-state index contributed by atoms with van der Waals surface area (Å²) in [5.74, 6) is 3.97. The number of halogens is 3. The van der Waals surface area contributed by atoms with Gasteiger partial charge in [0.05, 0.1) is 10.9 Å². The van der Waals surface area contributed by atoms with E-state index in [2.05, 4.69) is 27.8 Å². The molecule has 62 valence electrons. The zero-order valence-corrected chi connectivity index (χ0v) is 7.66. The molecule has 0 atom stereocenters. The summed E-state index contributed by atoms with van der Waals surface area (Å²) in [4.78, 5) is 0. The first-order valence-electron chi connectivity index (χ1n) is 3.24. The molecule has 0 aliphatic rings. The molecular weight excluding hydrogens is 226 g/mol. The van der Waals surface area contributed by atoms with Crippen molar-refractivity contribution in [3.05, 3.63) is 35.4 Å². The van der Waals surface area contributed by atoms with Crippen LogP contribution in [0.25, 0.3) is 0 Å². The Kier molecular flexibility index (Phi) is 3.24. The maximum atomic E-state index is 12.8. The summed E-state index contributed by atoms with van der Waals surface area (Å²) in [5, 5.41) is 0.476. The van der Waals surface area contributed by atoms with E-state index in [1.165, 1.54) is 12.1 Å². The number of benzene rings is 1. The van der Waals surface area contributed by atoms with Crippen molar-refractivity contribution in [1.29, 1.82) is 0 Å². The van der Waals surface area contributed by atoms with E-state index in [1.807, 2.05) is 0 Å². The fourth-order valence-corrected chi connectivity index (χ4v) is 0.860. The van der Waals surface area contributed by atoms with Crippen LogP contribution in [0.4, 0.5) is 8.78 Å². The average Bonchev–Trinajstić information content (AvgIpc) is 2.03. The summed E-state index contributed by atoms with van der Waals surface area (Å²) in [6, 6.07) is 3.32. The molecule has 1 aromatic carbocycles. The maximum Gasteiger partial charge on any atom is 0.141 e. The number of hydrogen-bond donors (Lipinski definition) is 0. The van der Waals surface area contributed by atoms with Crippen molar-refractivity contribution in [1.82, 2.24) is 0 Å². The zero-order chi connectivity index (χ0) is 8.97. The molecule has 0 spiro atoms. The van der Waals surface area contributed by atoms with E-state index in [-0.39, 0.29) is 5.56 Å². The molecule has 0 aliphatic heterocycles. The van der Waals surface area contributed by atoms with Crippen LogP contribution < -0.4 is 0 Å². The third-order valence-electron chi connectivity index (χ3n) is 1.22. The Morgan fingerprint density at radius 3 is 2.67 bits per heavy atom. The Balaban J connectivity index is 3.01. The lowest BCUT2D eigenvalue weighted by Crippen LogP contribution is -1.84. The van der Waals surface area contributed by atoms with E-state index in [1.54, 1.807) is 0 Å². The SMILES string of the molecule is Fc1ccc(C#CCBr)c(F)c1. The highest BCUT2D eigenvalue weighted by Crippen LogP contribution is 2.07. The van der Waals surface area contributed by atoms with Crippen molar-refractivity contribution in [2.24, 2.45) is 0 Å². The first-order chi connectivity index (χ1) is 5.74. The van der Waals surface area contributed by atoms with Gasteiger partial charge in [0.15, 0.2) is 0 Å². The van der Waals surface area contributed by atoms with E-state index < -0.39 is 11.6 Å². The first kappa shape index (κ1) is 9.21. The van der Waals surface area contributed by atoms with Crippen LogP contribution in [-0.4, -0.2) is 5.33 Å². The molecule has 3 heteroatoms. The Morgan fingerprint density at radius 2 is 2.08 bits per heavy atom. The van der Waals surface area contributed by atoms with Crippen molar-refractivity contribution in [2.45, 2.75) is 0 Å². The predicted molar refractivity (Wildman–Crippen MR) is 47.0 cm³/mol. The highest BCUT2D eigenvalue weighted by atomic mass is 79.9. The molecule has 1 aromatic rings. The zero-order valence-electron chi connectivity index (χ0n) is 6.07. The molecule has 1 rings (SSSR count). The van der Waals surface area contributed by atoms with Crippen LogP contribution in [0.1, 0.15) is 5.56 Å². The van der Waals surface area contributed by atoms with Crippen LogP contribution in [0, 0.1) is 23.5 Å². The van der Waals surface area contributed by atoms with Crippen LogP contribution in [0.5, 0.6) is 0 Å². The number of alkyl halides is 1. The quantitative estimate of drug-likeness (QED) is 0.475. The van der Waals surface area contributed by atoms with Crippen molar-refractivity contribution in [3.8, 4) is 11.8 Å². The third-order valence-corrected chi connectivity index (χ3v) is 1.50. The van der Waals surface area contributed by atoms with Gasteiger partial charge in [0.1, 0.15) is 11.6 Å². The number of rotatable bonds is 0. The molecule has 0 saturated heterocycles. The highest BCUT2D eigenvalue weighted by Gasteiger charge is 1.99. The molecular formula is C9H5BrF2. The van der Waals surface area contributed by atoms with Crippen LogP contribution in [0.15, 0.2) is 18.2 Å². The first-order valence-corrected chi connectivity index (χ1v) is 4.36. The largest absolute Gasteiger partial charge is 0.207 e. The van der Waals surface area contributed by atoms with Gasteiger partial charge in [-0.1, -0.05) is 27.8 Å². The van der Waals surface area contributed by atoms with Crippen LogP contribution in [-0.2, 0) is 0 Å². The molecule has 0 aliphatic carbocycles. The highest BCUT2D eigenvalue weighted by molar-refractivity contribution is 9.09. The molecule has 0 nitrogen and oxygen atoms in total. The predicted octanol–water partition coefficient (Wildman–Crippen LogP) is 2.71. The van der Waals surface area contributed by atoms with Gasteiger partial charge in [-0.15, -0.1) is 0 Å². The molecule has 0 saturated carbocycles. The summed E-state index contributed by atoms with van der Waals surface area (Å²) in [7, 11) is 0. The molecule has 12 heavy (non-hydrogen) atoms. The summed E-state index contributed by atoms with van der Waals surface area (Å²) in [5.41, 5.74) is 0.218. The second-order valence-corrected chi connectivity index (χ2v) is 2.62. The van der Waals surface area contributed by atoms with Gasteiger partial charge in [0.2, 0.25) is 0 Å². The van der Waals surface area contributed by atoms with E-state index in [9.17, 15) is 8.78 Å². The van der Waals surface area contributed by atoms with Crippen LogP contribution >= 0.6 is 15.9 Å². The monoisotopic (exact) mass is 230 g/mol. The smallest absolute Gasteiger partial charge is 0.141 e. The summed E-state index contributed by atoms with van der Waals surface area (Å²) in [6.45, 7) is 0. The van der Waals surface area contributed by atoms with E-state index in [0.717, 1.165) is 6.07 Å². The molecule has 0 radical (unpaired) electrons. The fourth-order valence-electron chi connectivity index (χ4n) is 0.719. The standard InChI is InChI=1S/C9H5BrF2/c10-5-1-2-7-3-4-8(11)6-9(7)12/h3-4,6H,5H2. The van der Waals surface area contributed by atoms with Crippen molar-refractivity contribution in [3.63, 3.8) is 0 Å². The molecule has 0 heterocycles. The molecule has 0 amide bonds. The second kappa shape index (κ2) is 4.22. The fraction of sp³-hybridized carbons (Fsp3) is 0.111. The molecule has 0 unspecified atom stereocenters. The molecule has 0 bridgehead atoms. The van der Waals surface area contributed by atoms with Gasteiger partial charge in [-0.25, -0.2) is 8.78 Å². The van der Waals surface area contributed by atoms with E-state index in [0.29, 0.717) is 5.33 Å². The van der Waals surface area contributed by atoms with Crippen LogP contribution in [0.2, 0.25) is 0 Å². The van der Waals surface area contributed by atoms with Gasteiger partial charge in [-0.2, -0.15) is 0 Å². The lowest BCUT2D eigenvalue weighted by Gasteiger charge is -1.92. The minimum Gasteiger partial charge on any atom is -0.207 e. The normalized spacial score (nSPS) is 8.92. The minimum atomic E-state index is -0.622. The van der Waals surface area contributed by atoms with Gasteiger partial charge in [0.25, 0.3) is 0 Å². The van der Waals surface area contributed by atoms with Crippen molar-refractivity contribution < 1.29 is 8.78 Å². The topological polar surface area (TPSA) is 0 Å².